The first kappa shape index (κ1) is 18.5. The van der Waals surface area contributed by atoms with Gasteiger partial charge in [0.1, 0.15) is 5.82 Å². The first-order valence-electron chi connectivity index (χ1n) is 8.61. The van der Waals surface area contributed by atoms with Gasteiger partial charge in [0.05, 0.1) is 18.0 Å². The second kappa shape index (κ2) is 7.91. The Balaban J connectivity index is 1.92. The predicted octanol–water partition coefficient (Wildman–Crippen LogP) is 3.99. The van der Waals surface area contributed by atoms with E-state index in [0.717, 1.165) is 11.3 Å². The van der Waals surface area contributed by atoms with E-state index in [0.29, 0.717) is 22.6 Å². The average Bonchev–Trinajstić information content (AvgIpc) is 2.65. The topological polar surface area (TPSA) is 49.4 Å². The van der Waals surface area contributed by atoms with E-state index in [1.807, 2.05) is 19.9 Å². The van der Waals surface area contributed by atoms with Gasteiger partial charge in [0, 0.05) is 22.1 Å². The van der Waals surface area contributed by atoms with E-state index in [1.54, 1.807) is 35.2 Å². The number of hydrogen-bond acceptors (Lipinski definition) is 3. The van der Waals surface area contributed by atoms with E-state index in [9.17, 15) is 14.0 Å². The summed E-state index contributed by atoms with van der Waals surface area (Å²) in [4.78, 5) is 27.4. The molecule has 26 heavy (non-hydrogen) atoms. The number of amides is 2. The highest BCUT2D eigenvalue weighted by molar-refractivity contribution is 8.00. The predicted molar refractivity (Wildman–Crippen MR) is 102 cm³/mol. The first-order valence-corrected chi connectivity index (χ1v) is 9.59. The lowest BCUT2D eigenvalue weighted by atomic mass is 10.1. The van der Waals surface area contributed by atoms with Crippen LogP contribution in [0.15, 0.2) is 47.4 Å². The number of anilines is 1. The highest BCUT2D eigenvalue weighted by atomic mass is 32.2. The van der Waals surface area contributed by atoms with Gasteiger partial charge in [-0.25, -0.2) is 4.39 Å². The third-order valence-corrected chi connectivity index (χ3v) is 5.49. The molecular weight excluding hydrogens is 351 g/mol. The number of rotatable bonds is 5. The molecule has 0 aliphatic carbocycles. The molecule has 0 fully saturated rings. The van der Waals surface area contributed by atoms with Crippen LogP contribution in [0.5, 0.6) is 0 Å². The van der Waals surface area contributed by atoms with Crippen LogP contribution in [0, 0.1) is 5.82 Å². The number of nitrogens with one attached hydrogen (secondary N) is 1. The zero-order chi connectivity index (χ0) is 18.7. The highest BCUT2D eigenvalue weighted by Crippen LogP contribution is 2.37. The number of nitrogens with zero attached hydrogens (tertiary/aromatic N) is 1. The fourth-order valence-corrected chi connectivity index (χ4v) is 3.64. The van der Waals surface area contributed by atoms with Crippen molar-refractivity contribution in [3.05, 3.63) is 59.4 Å². The van der Waals surface area contributed by atoms with Crippen LogP contribution in [0.2, 0.25) is 0 Å². The lowest BCUT2D eigenvalue weighted by Crippen LogP contribution is -2.36. The Kier molecular flexibility index (Phi) is 5.61. The summed E-state index contributed by atoms with van der Waals surface area (Å²) in [6.45, 7) is 4.10. The maximum Gasteiger partial charge on any atom is 0.251 e. The van der Waals surface area contributed by atoms with Crippen LogP contribution in [0.4, 0.5) is 10.1 Å². The molecule has 4 nitrogen and oxygen atoms in total. The molecule has 0 saturated carbocycles. The van der Waals surface area contributed by atoms with Crippen LogP contribution in [0.3, 0.4) is 0 Å². The van der Waals surface area contributed by atoms with Crippen LogP contribution < -0.4 is 10.2 Å². The zero-order valence-electron chi connectivity index (χ0n) is 14.8. The molecule has 0 unspecified atom stereocenters. The molecular formula is C20H21FN2O2S. The Bertz CT molecular complexity index is 840. The molecule has 1 aliphatic heterocycles. The van der Waals surface area contributed by atoms with Gasteiger partial charge in [0.2, 0.25) is 5.91 Å². The van der Waals surface area contributed by atoms with E-state index < -0.39 is 0 Å². The van der Waals surface area contributed by atoms with Gasteiger partial charge < -0.3 is 10.2 Å². The van der Waals surface area contributed by atoms with Crippen molar-refractivity contribution in [1.82, 2.24) is 5.32 Å². The van der Waals surface area contributed by atoms with E-state index in [4.69, 9.17) is 0 Å². The summed E-state index contributed by atoms with van der Waals surface area (Å²) in [5.41, 5.74) is 1.61. The lowest BCUT2D eigenvalue weighted by molar-refractivity contribution is -0.116. The molecule has 0 aromatic heterocycles. The fourth-order valence-electron chi connectivity index (χ4n) is 2.72. The van der Waals surface area contributed by atoms with E-state index in [1.165, 1.54) is 17.8 Å². The maximum absolute atomic E-state index is 14.0. The summed E-state index contributed by atoms with van der Waals surface area (Å²) in [6, 6.07) is 11.8. The van der Waals surface area contributed by atoms with Gasteiger partial charge in [-0.2, -0.15) is 0 Å². The number of carbonyl (C=O) groups is 2. The zero-order valence-corrected chi connectivity index (χ0v) is 15.6. The van der Waals surface area contributed by atoms with Crippen molar-refractivity contribution in [2.75, 3.05) is 10.7 Å². The second-order valence-electron chi connectivity index (χ2n) is 6.33. The van der Waals surface area contributed by atoms with E-state index >= 15 is 0 Å². The van der Waals surface area contributed by atoms with Gasteiger partial charge in [-0.3, -0.25) is 9.59 Å². The van der Waals surface area contributed by atoms with E-state index in [2.05, 4.69) is 5.32 Å². The minimum absolute atomic E-state index is 0.0732. The van der Waals surface area contributed by atoms with Crippen molar-refractivity contribution in [2.45, 2.75) is 37.8 Å². The molecule has 0 saturated heterocycles. The van der Waals surface area contributed by atoms with Gasteiger partial charge in [-0.1, -0.05) is 25.1 Å². The molecule has 3 rings (SSSR count). The summed E-state index contributed by atoms with van der Waals surface area (Å²) in [5, 5.41) is 2.93. The Labute approximate surface area is 156 Å². The molecule has 6 heteroatoms. The molecule has 136 valence electrons. The average molecular weight is 372 g/mol. The van der Waals surface area contributed by atoms with Crippen LogP contribution >= 0.6 is 11.8 Å². The SMILES string of the molecule is CC[C@@H](C)NC(=O)c1ccc2c(c1)N(Cc1ccccc1F)C(=O)CS2. The molecule has 1 atom stereocenters. The third kappa shape index (κ3) is 3.90. The lowest BCUT2D eigenvalue weighted by Gasteiger charge is -2.29. The first-order chi connectivity index (χ1) is 12.5. The van der Waals surface area contributed by atoms with Gasteiger partial charge in [-0.15, -0.1) is 11.8 Å². The standard InChI is InChI=1S/C20H21FN2O2S/c1-3-13(2)22-20(25)14-8-9-18-17(10-14)23(19(24)12-26-18)11-15-6-4-5-7-16(15)21/h4-10,13H,3,11-12H2,1-2H3,(H,22,25)/t13-/m1/s1. The van der Waals surface area contributed by atoms with Crippen molar-refractivity contribution in [2.24, 2.45) is 0 Å². The quantitative estimate of drug-likeness (QED) is 0.863. The minimum atomic E-state index is -0.342. The highest BCUT2D eigenvalue weighted by Gasteiger charge is 2.26. The van der Waals surface area contributed by atoms with Crippen LogP contribution in [0.1, 0.15) is 36.2 Å². The third-order valence-electron chi connectivity index (χ3n) is 4.44. The Hall–Kier alpha value is -2.34. The van der Waals surface area contributed by atoms with Crippen molar-refractivity contribution in [3.8, 4) is 0 Å². The van der Waals surface area contributed by atoms with Crippen molar-refractivity contribution in [1.29, 1.82) is 0 Å². The molecule has 0 bridgehead atoms. The molecule has 0 radical (unpaired) electrons. The van der Waals surface area contributed by atoms with Crippen molar-refractivity contribution >= 4 is 29.3 Å². The van der Waals surface area contributed by atoms with Crippen LogP contribution in [0.25, 0.3) is 0 Å². The number of benzene rings is 2. The molecule has 2 amide bonds. The molecule has 2 aromatic carbocycles. The van der Waals surface area contributed by atoms with Gasteiger partial charge in [0.15, 0.2) is 0 Å². The minimum Gasteiger partial charge on any atom is -0.350 e. The molecule has 1 N–H and O–H groups in total. The van der Waals surface area contributed by atoms with Crippen LogP contribution in [-0.4, -0.2) is 23.6 Å². The van der Waals surface area contributed by atoms with Gasteiger partial charge >= 0.3 is 0 Å². The maximum atomic E-state index is 14.0. The summed E-state index contributed by atoms with van der Waals surface area (Å²) in [6.07, 6.45) is 0.838. The summed E-state index contributed by atoms with van der Waals surface area (Å²) >= 11 is 1.44. The summed E-state index contributed by atoms with van der Waals surface area (Å²) < 4.78 is 14.0. The largest absolute Gasteiger partial charge is 0.350 e. The Morgan fingerprint density at radius 2 is 2.08 bits per heavy atom. The van der Waals surface area contributed by atoms with Crippen LogP contribution in [-0.2, 0) is 11.3 Å². The van der Waals surface area contributed by atoms with Crippen molar-refractivity contribution < 1.29 is 14.0 Å². The van der Waals surface area contributed by atoms with E-state index in [-0.39, 0.29) is 30.2 Å². The normalized spacial score (nSPS) is 14.7. The number of hydrogen-bond donors (Lipinski definition) is 1. The number of halogens is 1. The molecule has 1 heterocycles. The Morgan fingerprint density at radius 3 is 2.81 bits per heavy atom. The van der Waals surface area contributed by atoms with Crippen molar-refractivity contribution in [3.63, 3.8) is 0 Å². The van der Waals surface area contributed by atoms with Gasteiger partial charge in [-0.05, 0) is 37.6 Å². The number of carbonyl (C=O) groups excluding carboxylic acids is 2. The summed E-state index contributed by atoms with van der Waals surface area (Å²) in [7, 11) is 0. The Morgan fingerprint density at radius 1 is 1.31 bits per heavy atom. The second-order valence-corrected chi connectivity index (χ2v) is 7.34. The molecule has 1 aliphatic rings. The summed E-state index contributed by atoms with van der Waals surface area (Å²) in [5.74, 6) is -0.299. The molecule has 0 spiro atoms. The van der Waals surface area contributed by atoms with Gasteiger partial charge in [0.25, 0.3) is 5.91 Å². The number of thioether (sulfide) groups is 1. The fraction of sp³-hybridized carbons (Fsp3) is 0.300. The molecule has 2 aromatic rings. The number of fused-ring (bicyclic) bond motifs is 1. The smallest absolute Gasteiger partial charge is 0.251 e. The monoisotopic (exact) mass is 372 g/mol.